The molecule has 3 heterocycles. The second kappa shape index (κ2) is 6.63. The standard InChI is InChI=1S/C20H21N5O/c1-24-17-13-15(16-11-12-21-25(16)2)20(26-3)23-19(17)22-18(24)10-9-14-7-5-4-6-8-14/h4-8,11-13H,9-10H2,1-3H3. The van der Waals surface area contributed by atoms with Gasteiger partial charge in [0.1, 0.15) is 5.82 Å². The Labute approximate surface area is 152 Å². The first kappa shape index (κ1) is 16.3. The van der Waals surface area contributed by atoms with E-state index in [0.29, 0.717) is 11.5 Å². The van der Waals surface area contributed by atoms with Gasteiger partial charge in [-0.3, -0.25) is 4.68 Å². The molecule has 26 heavy (non-hydrogen) atoms. The number of rotatable bonds is 5. The smallest absolute Gasteiger partial charge is 0.224 e. The van der Waals surface area contributed by atoms with E-state index >= 15 is 0 Å². The largest absolute Gasteiger partial charge is 0.480 e. The first-order chi connectivity index (χ1) is 12.7. The topological polar surface area (TPSA) is 57.8 Å². The van der Waals surface area contributed by atoms with Gasteiger partial charge in [0.25, 0.3) is 0 Å². The van der Waals surface area contributed by atoms with E-state index < -0.39 is 0 Å². The molecule has 6 nitrogen and oxygen atoms in total. The lowest BCUT2D eigenvalue weighted by Crippen LogP contribution is -2.01. The number of aromatic nitrogens is 5. The Bertz CT molecular complexity index is 1050. The van der Waals surface area contributed by atoms with Crippen LogP contribution >= 0.6 is 0 Å². The highest BCUT2D eigenvalue weighted by atomic mass is 16.5. The van der Waals surface area contributed by atoms with Gasteiger partial charge in [0.15, 0.2) is 5.65 Å². The molecule has 0 saturated heterocycles. The molecule has 0 fully saturated rings. The summed E-state index contributed by atoms with van der Waals surface area (Å²) in [6, 6.07) is 14.5. The van der Waals surface area contributed by atoms with Crippen LogP contribution in [0.5, 0.6) is 5.88 Å². The Hall–Kier alpha value is -3.15. The number of benzene rings is 1. The lowest BCUT2D eigenvalue weighted by Gasteiger charge is -2.08. The molecule has 4 rings (SSSR count). The Morgan fingerprint density at radius 3 is 2.50 bits per heavy atom. The van der Waals surface area contributed by atoms with E-state index in [0.717, 1.165) is 35.4 Å². The maximum absolute atomic E-state index is 5.51. The average molecular weight is 347 g/mol. The van der Waals surface area contributed by atoms with Crippen LogP contribution in [0.15, 0.2) is 48.7 Å². The summed E-state index contributed by atoms with van der Waals surface area (Å²) in [6.45, 7) is 0. The predicted molar refractivity (Wildman–Crippen MR) is 101 cm³/mol. The van der Waals surface area contributed by atoms with Crippen molar-refractivity contribution in [3.8, 4) is 17.1 Å². The molecule has 0 N–H and O–H groups in total. The molecule has 0 atom stereocenters. The minimum atomic E-state index is 0.564. The first-order valence-corrected chi connectivity index (χ1v) is 8.60. The van der Waals surface area contributed by atoms with E-state index in [1.54, 1.807) is 13.3 Å². The molecule has 0 aliphatic heterocycles. The number of hydrogen-bond acceptors (Lipinski definition) is 4. The normalized spacial score (nSPS) is 11.2. The number of methoxy groups -OCH3 is 1. The SMILES string of the molecule is COc1nc2nc(CCc3ccccc3)n(C)c2cc1-c1ccnn1C. The van der Waals surface area contributed by atoms with Crippen LogP contribution in [0.3, 0.4) is 0 Å². The predicted octanol–water partition coefficient (Wildman–Crippen LogP) is 3.16. The fraction of sp³-hybridized carbons (Fsp3) is 0.250. The molecule has 3 aromatic heterocycles. The second-order valence-corrected chi connectivity index (χ2v) is 6.30. The summed E-state index contributed by atoms with van der Waals surface area (Å²) in [5.41, 5.74) is 4.88. The summed E-state index contributed by atoms with van der Waals surface area (Å²) < 4.78 is 9.44. The number of hydrogen-bond donors (Lipinski definition) is 0. The van der Waals surface area contributed by atoms with Crippen molar-refractivity contribution in [1.82, 2.24) is 24.3 Å². The van der Waals surface area contributed by atoms with Crippen LogP contribution in [0.2, 0.25) is 0 Å². The fourth-order valence-electron chi connectivity index (χ4n) is 3.24. The van der Waals surface area contributed by atoms with Crippen LogP contribution in [0.4, 0.5) is 0 Å². The molecule has 0 bridgehead atoms. The Balaban J connectivity index is 1.74. The van der Waals surface area contributed by atoms with Gasteiger partial charge in [-0.05, 0) is 24.1 Å². The molecule has 0 radical (unpaired) electrons. The number of fused-ring (bicyclic) bond motifs is 1. The lowest BCUT2D eigenvalue weighted by molar-refractivity contribution is 0.400. The van der Waals surface area contributed by atoms with Crippen LogP contribution in [0.1, 0.15) is 11.4 Å². The summed E-state index contributed by atoms with van der Waals surface area (Å²) in [7, 11) is 5.58. The number of imidazole rings is 1. The van der Waals surface area contributed by atoms with E-state index in [1.165, 1.54) is 5.56 Å². The summed E-state index contributed by atoms with van der Waals surface area (Å²) in [4.78, 5) is 9.36. The molecule has 0 aliphatic rings. The van der Waals surface area contributed by atoms with Crippen molar-refractivity contribution in [2.24, 2.45) is 14.1 Å². The minimum absolute atomic E-state index is 0.564. The van der Waals surface area contributed by atoms with Gasteiger partial charge >= 0.3 is 0 Å². The van der Waals surface area contributed by atoms with Crippen molar-refractivity contribution in [1.29, 1.82) is 0 Å². The van der Waals surface area contributed by atoms with Gasteiger partial charge in [-0.2, -0.15) is 10.1 Å². The van der Waals surface area contributed by atoms with E-state index in [1.807, 2.05) is 30.9 Å². The van der Waals surface area contributed by atoms with Crippen LogP contribution in [-0.2, 0) is 26.9 Å². The third kappa shape index (κ3) is 2.83. The van der Waals surface area contributed by atoms with Crippen molar-refractivity contribution in [3.63, 3.8) is 0 Å². The summed E-state index contributed by atoms with van der Waals surface area (Å²) in [6.07, 6.45) is 3.58. The molecule has 0 spiro atoms. The zero-order valence-electron chi connectivity index (χ0n) is 15.2. The third-order valence-corrected chi connectivity index (χ3v) is 4.70. The number of ether oxygens (including phenoxy) is 1. The van der Waals surface area contributed by atoms with Gasteiger partial charge in [-0.15, -0.1) is 0 Å². The molecule has 132 valence electrons. The Kier molecular flexibility index (Phi) is 4.16. The molecule has 0 saturated carbocycles. The first-order valence-electron chi connectivity index (χ1n) is 8.60. The van der Waals surface area contributed by atoms with Crippen molar-refractivity contribution >= 4 is 11.2 Å². The molecule has 1 aromatic carbocycles. The summed E-state index contributed by atoms with van der Waals surface area (Å²) in [5, 5.41) is 4.25. The second-order valence-electron chi connectivity index (χ2n) is 6.30. The molecule has 4 aromatic rings. The molecule has 0 unspecified atom stereocenters. The van der Waals surface area contributed by atoms with Crippen LogP contribution < -0.4 is 4.74 Å². The summed E-state index contributed by atoms with van der Waals surface area (Å²) >= 11 is 0. The minimum Gasteiger partial charge on any atom is -0.480 e. The van der Waals surface area contributed by atoms with E-state index in [9.17, 15) is 0 Å². The van der Waals surface area contributed by atoms with Gasteiger partial charge < -0.3 is 9.30 Å². The van der Waals surface area contributed by atoms with E-state index in [2.05, 4.69) is 45.0 Å². The number of pyridine rings is 1. The van der Waals surface area contributed by atoms with Gasteiger partial charge in [0.05, 0.1) is 23.9 Å². The maximum atomic E-state index is 5.51. The van der Waals surface area contributed by atoms with Crippen LogP contribution in [-0.4, -0.2) is 31.4 Å². The highest BCUT2D eigenvalue weighted by Crippen LogP contribution is 2.31. The molecular formula is C20H21N5O. The van der Waals surface area contributed by atoms with Crippen molar-refractivity contribution in [3.05, 3.63) is 60.0 Å². The molecule has 0 amide bonds. The molecule has 0 aliphatic carbocycles. The zero-order chi connectivity index (χ0) is 18.1. The van der Waals surface area contributed by atoms with E-state index in [-0.39, 0.29) is 0 Å². The third-order valence-electron chi connectivity index (χ3n) is 4.70. The highest BCUT2D eigenvalue weighted by Gasteiger charge is 2.17. The van der Waals surface area contributed by atoms with Crippen LogP contribution in [0, 0.1) is 0 Å². The summed E-state index contributed by atoms with van der Waals surface area (Å²) in [5.74, 6) is 1.58. The van der Waals surface area contributed by atoms with Crippen LogP contribution in [0.25, 0.3) is 22.4 Å². The van der Waals surface area contributed by atoms with Gasteiger partial charge in [-0.25, -0.2) is 4.98 Å². The van der Waals surface area contributed by atoms with Crippen molar-refractivity contribution < 1.29 is 4.74 Å². The van der Waals surface area contributed by atoms with Gasteiger partial charge in [0.2, 0.25) is 5.88 Å². The van der Waals surface area contributed by atoms with Crippen molar-refractivity contribution in [2.45, 2.75) is 12.8 Å². The number of nitrogens with zero attached hydrogens (tertiary/aromatic N) is 5. The Morgan fingerprint density at radius 1 is 1.00 bits per heavy atom. The fourth-order valence-corrected chi connectivity index (χ4v) is 3.24. The quantitative estimate of drug-likeness (QED) is 0.556. The lowest BCUT2D eigenvalue weighted by atomic mass is 10.1. The van der Waals surface area contributed by atoms with Gasteiger partial charge in [0, 0.05) is 26.7 Å². The number of aryl methyl sites for hydroxylation is 4. The van der Waals surface area contributed by atoms with E-state index in [4.69, 9.17) is 9.72 Å². The average Bonchev–Trinajstić information content (AvgIpc) is 3.23. The molecular weight excluding hydrogens is 326 g/mol. The zero-order valence-corrected chi connectivity index (χ0v) is 15.2. The Morgan fingerprint density at radius 2 is 1.81 bits per heavy atom. The van der Waals surface area contributed by atoms with Crippen molar-refractivity contribution in [2.75, 3.05) is 7.11 Å². The molecule has 6 heteroatoms. The maximum Gasteiger partial charge on any atom is 0.224 e. The monoisotopic (exact) mass is 347 g/mol. The highest BCUT2D eigenvalue weighted by molar-refractivity contribution is 5.81. The van der Waals surface area contributed by atoms with Gasteiger partial charge in [-0.1, -0.05) is 30.3 Å².